The van der Waals surface area contributed by atoms with Crippen LogP contribution in [0.4, 0.5) is 5.69 Å². The zero-order valence-corrected chi connectivity index (χ0v) is 17.8. The average molecular weight is 383 g/mol. The molecule has 0 fully saturated rings. The summed E-state index contributed by atoms with van der Waals surface area (Å²) >= 11 is 0. The molecular weight excluding hydrogens is 350 g/mol. The third-order valence-electron chi connectivity index (χ3n) is 5.13. The quantitative estimate of drug-likeness (QED) is 0.770. The van der Waals surface area contributed by atoms with E-state index >= 15 is 0 Å². The van der Waals surface area contributed by atoms with Gasteiger partial charge in [-0.05, 0) is 56.0 Å². The number of carbonyl (C=O) groups excluding carboxylic acids is 2. The molecule has 0 bridgehead atoms. The molecule has 0 saturated carbocycles. The van der Waals surface area contributed by atoms with Crippen LogP contribution in [-0.4, -0.2) is 43.9 Å². The van der Waals surface area contributed by atoms with Crippen LogP contribution in [0.15, 0.2) is 36.4 Å². The molecule has 0 heterocycles. The first-order valence-electron chi connectivity index (χ1n) is 9.65. The number of amides is 2. The van der Waals surface area contributed by atoms with Gasteiger partial charge in [-0.25, -0.2) is 0 Å². The molecule has 0 radical (unpaired) electrons. The minimum atomic E-state index is -0.0870. The Hall–Kier alpha value is -2.66. The Morgan fingerprint density at radius 1 is 1.00 bits per heavy atom. The van der Waals surface area contributed by atoms with Gasteiger partial charge in [0.2, 0.25) is 0 Å². The van der Waals surface area contributed by atoms with Crippen LogP contribution in [0.25, 0.3) is 0 Å². The number of aryl methyl sites for hydroxylation is 3. The van der Waals surface area contributed by atoms with Crippen molar-refractivity contribution >= 4 is 17.5 Å². The number of carbonyl (C=O) groups is 2. The van der Waals surface area contributed by atoms with Crippen LogP contribution in [0.1, 0.15) is 27.8 Å². The molecule has 28 heavy (non-hydrogen) atoms. The maximum absolute atomic E-state index is 12.5. The summed E-state index contributed by atoms with van der Waals surface area (Å²) in [5.41, 5.74) is 6.59. The van der Waals surface area contributed by atoms with Gasteiger partial charge in [-0.3, -0.25) is 9.59 Å². The third kappa shape index (κ3) is 5.92. The Balaban J connectivity index is 1.87. The van der Waals surface area contributed by atoms with Crippen molar-refractivity contribution in [2.75, 3.05) is 32.5 Å². The summed E-state index contributed by atoms with van der Waals surface area (Å²) in [7, 11) is 3.68. The first-order valence-corrected chi connectivity index (χ1v) is 9.65. The summed E-state index contributed by atoms with van der Waals surface area (Å²) in [6.07, 6.45) is 0. The molecule has 1 atom stereocenters. The maximum Gasteiger partial charge on any atom is 0.279 e. The second-order valence-electron chi connectivity index (χ2n) is 7.79. The van der Waals surface area contributed by atoms with Crippen LogP contribution in [0.5, 0.6) is 0 Å². The molecule has 0 saturated heterocycles. The average Bonchev–Trinajstić information content (AvgIpc) is 2.61. The van der Waals surface area contributed by atoms with Crippen molar-refractivity contribution in [3.63, 3.8) is 0 Å². The largest absolute Gasteiger partial charge is 0.337 e. The van der Waals surface area contributed by atoms with Gasteiger partial charge in [0, 0.05) is 19.3 Å². The van der Waals surface area contributed by atoms with Gasteiger partial charge in [0.1, 0.15) is 0 Å². The first-order chi connectivity index (χ1) is 13.2. The smallest absolute Gasteiger partial charge is 0.279 e. The fourth-order valence-corrected chi connectivity index (χ4v) is 3.18. The lowest BCUT2D eigenvalue weighted by molar-refractivity contribution is -0.862. The lowest BCUT2D eigenvalue weighted by Crippen LogP contribution is -3.11. The Morgan fingerprint density at radius 3 is 2.39 bits per heavy atom. The molecule has 1 unspecified atom stereocenters. The SMILES string of the molecule is Cc1ccc(CN(C)C(=O)C[NH+](C)CC(=O)Nc2cccc(C)c2C)c(C)c1. The van der Waals surface area contributed by atoms with Crippen LogP contribution < -0.4 is 10.2 Å². The molecule has 2 N–H and O–H groups in total. The topological polar surface area (TPSA) is 53.9 Å². The Kier molecular flexibility index (Phi) is 7.35. The van der Waals surface area contributed by atoms with Crippen LogP contribution >= 0.6 is 0 Å². The lowest BCUT2D eigenvalue weighted by atomic mass is 10.1. The molecule has 0 aliphatic carbocycles. The zero-order chi connectivity index (χ0) is 20.8. The van der Waals surface area contributed by atoms with Gasteiger partial charge in [0.25, 0.3) is 11.8 Å². The summed E-state index contributed by atoms with van der Waals surface area (Å²) < 4.78 is 0. The van der Waals surface area contributed by atoms with Crippen molar-refractivity contribution in [2.45, 2.75) is 34.2 Å². The number of rotatable bonds is 7. The Morgan fingerprint density at radius 2 is 1.71 bits per heavy atom. The Labute approximate surface area is 168 Å². The van der Waals surface area contributed by atoms with Crippen LogP contribution in [-0.2, 0) is 16.1 Å². The molecule has 2 amide bonds. The second-order valence-corrected chi connectivity index (χ2v) is 7.79. The highest BCUT2D eigenvalue weighted by atomic mass is 16.2. The van der Waals surface area contributed by atoms with E-state index in [9.17, 15) is 9.59 Å². The van der Waals surface area contributed by atoms with Crippen molar-refractivity contribution in [1.29, 1.82) is 0 Å². The van der Waals surface area contributed by atoms with Crippen molar-refractivity contribution in [3.05, 3.63) is 64.2 Å². The predicted octanol–water partition coefficient (Wildman–Crippen LogP) is 2.03. The molecule has 5 heteroatoms. The highest BCUT2D eigenvalue weighted by Gasteiger charge is 2.18. The van der Waals surface area contributed by atoms with E-state index in [-0.39, 0.29) is 24.9 Å². The molecule has 0 aliphatic heterocycles. The Bertz CT molecular complexity index is 861. The van der Waals surface area contributed by atoms with Gasteiger partial charge < -0.3 is 15.1 Å². The predicted molar refractivity (Wildman–Crippen MR) is 114 cm³/mol. The molecule has 5 nitrogen and oxygen atoms in total. The molecule has 0 aromatic heterocycles. The van der Waals surface area contributed by atoms with E-state index in [1.165, 1.54) is 11.1 Å². The number of likely N-dealkylation sites (N-methyl/N-ethyl adjacent to an activating group) is 2. The fraction of sp³-hybridized carbons (Fsp3) is 0.391. The van der Waals surface area contributed by atoms with Crippen molar-refractivity contribution in [3.8, 4) is 0 Å². The van der Waals surface area contributed by atoms with E-state index in [1.54, 1.807) is 4.90 Å². The molecule has 2 aromatic rings. The maximum atomic E-state index is 12.5. The second kappa shape index (κ2) is 9.51. The third-order valence-corrected chi connectivity index (χ3v) is 5.13. The number of nitrogens with zero attached hydrogens (tertiary/aromatic N) is 1. The number of hydrogen-bond acceptors (Lipinski definition) is 2. The fourth-order valence-electron chi connectivity index (χ4n) is 3.18. The van der Waals surface area contributed by atoms with Gasteiger partial charge in [-0.2, -0.15) is 0 Å². The van der Waals surface area contributed by atoms with E-state index in [4.69, 9.17) is 0 Å². The van der Waals surface area contributed by atoms with Crippen LogP contribution in [0, 0.1) is 27.7 Å². The van der Waals surface area contributed by atoms with Gasteiger partial charge in [-0.15, -0.1) is 0 Å². The van der Waals surface area contributed by atoms with Crippen LogP contribution in [0.3, 0.4) is 0 Å². The number of hydrogen-bond donors (Lipinski definition) is 2. The van der Waals surface area contributed by atoms with Crippen molar-refractivity contribution < 1.29 is 14.5 Å². The molecule has 150 valence electrons. The van der Waals surface area contributed by atoms with Crippen molar-refractivity contribution in [1.82, 2.24) is 4.90 Å². The van der Waals surface area contributed by atoms with E-state index in [1.807, 2.05) is 46.1 Å². The number of quaternary nitrogens is 1. The van der Waals surface area contributed by atoms with Gasteiger partial charge >= 0.3 is 0 Å². The lowest BCUT2D eigenvalue weighted by Gasteiger charge is -2.21. The molecule has 0 aliphatic rings. The minimum Gasteiger partial charge on any atom is -0.337 e. The summed E-state index contributed by atoms with van der Waals surface area (Å²) in [5, 5.41) is 2.95. The normalized spacial score (nSPS) is 11.8. The summed E-state index contributed by atoms with van der Waals surface area (Å²) in [5.74, 6) is -0.0620. The first kappa shape index (κ1) is 21.6. The number of benzene rings is 2. The van der Waals surface area contributed by atoms with E-state index < -0.39 is 0 Å². The highest BCUT2D eigenvalue weighted by Crippen LogP contribution is 2.17. The summed E-state index contributed by atoms with van der Waals surface area (Å²) in [6.45, 7) is 9.24. The summed E-state index contributed by atoms with van der Waals surface area (Å²) in [4.78, 5) is 27.5. The monoisotopic (exact) mass is 382 g/mol. The highest BCUT2D eigenvalue weighted by molar-refractivity contribution is 5.92. The standard InChI is InChI=1S/C23H31N3O2/c1-16-10-11-20(18(3)12-16)13-26(6)23(28)15-25(5)14-22(27)24-21-9-7-8-17(2)19(21)4/h7-12H,13-15H2,1-6H3,(H,24,27)/p+1. The summed E-state index contributed by atoms with van der Waals surface area (Å²) in [6, 6.07) is 12.1. The van der Waals surface area contributed by atoms with E-state index in [2.05, 4.69) is 37.4 Å². The molecule has 2 rings (SSSR count). The number of nitrogens with one attached hydrogen (secondary N) is 2. The molecule has 2 aromatic carbocycles. The van der Waals surface area contributed by atoms with Crippen LogP contribution in [0.2, 0.25) is 0 Å². The van der Waals surface area contributed by atoms with E-state index in [0.29, 0.717) is 6.54 Å². The van der Waals surface area contributed by atoms with E-state index in [0.717, 1.165) is 27.3 Å². The zero-order valence-electron chi connectivity index (χ0n) is 17.8. The number of anilines is 1. The minimum absolute atomic E-state index is 0.0250. The van der Waals surface area contributed by atoms with Gasteiger partial charge in [-0.1, -0.05) is 35.9 Å². The van der Waals surface area contributed by atoms with Gasteiger partial charge in [0.05, 0.1) is 7.05 Å². The molecular formula is C23H32N3O2+. The van der Waals surface area contributed by atoms with Gasteiger partial charge in [0.15, 0.2) is 13.1 Å². The molecule has 0 spiro atoms. The van der Waals surface area contributed by atoms with Crippen molar-refractivity contribution in [2.24, 2.45) is 0 Å².